The minimum Gasteiger partial charge on any atom is -0.481 e. The summed E-state index contributed by atoms with van der Waals surface area (Å²) in [6.45, 7) is 0.736. The molecule has 2 aromatic heterocycles. The van der Waals surface area contributed by atoms with Crippen LogP contribution in [0.3, 0.4) is 0 Å². The number of rotatable bonds is 4. The van der Waals surface area contributed by atoms with Gasteiger partial charge in [-0.2, -0.15) is 0 Å². The first-order valence-corrected chi connectivity index (χ1v) is 5.87. The lowest BCUT2D eigenvalue weighted by Crippen LogP contribution is -2.01. The average Bonchev–Trinajstić information content (AvgIpc) is 3.02. The largest absolute Gasteiger partial charge is 0.481 e. The fraction of sp³-hybridized carbons (Fsp3) is 0.308. The minimum atomic E-state index is -0.718. The molecule has 1 aliphatic carbocycles. The average molecular weight is 243 g/mol. The fourth-order valence-corrected chi connectivity index (χ4v) is 2.13. The first-order chi connectivity index (χ1) is 8.74. The summed E-state index contributed by atoms with van der Waals surface area (Å²) in [7, 11) is 0. The van der Waals surface area contributed by atoms with Gasteiger partial charge in [0, 0.05) is 36.7 Å². The van der Waals surface area contributed by atoms with Crippen LogP contribution in [0.15, 0.2) is 37.1 Å². The number of imidazole rings is 1. The van der Waals surface area contributed by atoms with E-state index in [0.717, 1.165) is 17.8 Å². The van der Waals surface area contributed by atoms with Crippen LogP contribution >= 0.6 is 0 Å². The van der Waals surface area contributed by atoms with Crippen LogP contribution in [0.1, 0.15) is 23.6 Å². The molecule has 0 amide bonds. The van der Waals surface area contributed by atoms with Crippen LogP contribution in [0.4, 0.5) is 0 Å². The summed E-state index contributed by atoms with van der Waals surface area (Å²) in [6, 6.07) is 3.93. The van der Waals surface area contributed by atoms with E-state index in [1.165, 1.54) is 0 Å². The Bertz CT molecular complexity index is 548. The van der Waals surface area contributed by atoms with Gasteiger partial charge in [0.25, 0.3) is 0 Å². The zero-order chi connectivity index (χ0) is 12.5. The van der Waals surface area contributed by atoms with Gasteiger partial charge in [-0.3, -0.25) is 9.78 Å². The standard InChI is InChI=1S/C13H13N3O2/c17-13(18)11-5-10(11)12-2-1-9(6-15-12)7-16-4-3-14-8-16/h1-4,6,8,10-11H,5,7H2,(H,17,18). The summed E-state index contributed by atoms with van der Waals surface area (Å²) in [4.78, 5) is 19.1. The van der Waals surface area contributed by atoms with Gasteiger partial charge in [-0.1, -0.05) is 6.07 Å². The SMILES string of the molecule is O=C(O)C1CC1c1ccc(Cn2ccnc2)cn1. The van der Waals surface area contributed by atoms with Crippen LogP contribution in [0.5, 0.6) is 0 Å². The second-order valence-electron chi connectivity index (χ2n) is 4.61. The van der Waals surface area contributed by atoms with Gasteiger partial charge in [0.15, 0.2) is 0 Å². The van der Waals surface area contributed by atoms with E-state index in [4.69, 9.17) is 5.11 Å². The van der Waals surface area contributed by atoms with Crippen molar-refractivity contribution in [3.05, 3.63) is 48.3 Å². The maximum Gasteiger partial charge on any atom is 0.307 e. The normalized spacial score (nSPS) is 21.8. The van der Waals surface area contributed by atoms with E-state index >= 15 is 0 Å². The Balaban J connectivity index is 1.68. The molecular formula is C13H13N3O2. The van der Waals surface area contributed by atoms with Gasteiger partial charge >= 0.3 is 5.97 Å². The van der Waals surface area contributed by atoms with Gasteiger partial charge in [-0.15, -0.1) is 0 Å². The number of aliphatic carboxylic acids is 1. The third-order valence-corrected chi connectivity index (χ3v) is 3.26. The number of aromatic nitrogens is 3. The Morgan fingerprint density at radius 2 is 2.39 bits per heavy atom. The number of hydrogen-bond acceptors (Lipinski definition) is 3. The van der Waals surface area contributed by atoms with Crippen molar-refractivity contribution in [1.29, 1.82) is 0 Å². The smallest absolute Gasteiger partial charge is 0.307 e. The van der Waals surface area contributed by atoms with E-state index in [1.807, 2.05) is 29.1 Å². The van der Waals surface area contributed by atoms with E-state index in [9.17, 15) is 4.79 Å². The van der Waals surface area contributed by atoms with Crippen molar-refractivity contribution in [1.82, 2.24) is 14.5 Å². The predicted molar refractivity (Wildman–Crippen MR) is 64.0 cm³/mol. The summed E-state index contributed by atoms with van der Waals surface area (Å²) in [5, 5.41) is 8.87. The highest BCUT2D eigenvalue weighted by Crippen LogP contribution is 2.46. The third kappa shape index (κ3) is 2.11. The van der Waals surface area contributed by atoms with Crippen LogP contribution in [0, 0.1) is 5.92 Å². The van der Waals surface area contributed by atoms with E-state index in [-0.39, 0.29) is 11.8 Å². The van der Waals surface area contributed by atoms with Crippen molar-refractivity contribution in [2.24, 2.45) is 5.92 Å². The Morgan fingerprint density at radius 1 is 1.50 bits per heavy atom. The number of carboxylic acids is 1. The minimum absolute atomic E-state index is 0.102. The Kier molecular flexibility index (Phi) is 2.59. The topological polar surface area (TPSA) is 68.0 Å². The van der Waals surface area contributed by atoms with Gasteiger partial charge in [-0.05, 0) is 18.1 Å². The molecule has 0 aromatic carbocycles. The highest BCUT2D eigenvalue weighted by atomic mass is 16.4. The molecule has 5 nitrogen and oxygen atoms in total. The van der Waals surface area contributed by atoms with Crippen LogP contribution in [0.25, 0.3) is 0 Å². The molecule has 1 saturated carbocycles. The molecule has 18 heavy (non-hydrogen) atoms. The number of carbonyl (C=O) groups is 1. The second-order valence-corrected chi connectivity index (χ2v) is 4.61. The molecule has 0 bridgehead atoms. The van der Waals surface area contributed by atoms with Crippen LogP contribution in [0.2, 0.25) is 0 Å². The number of carboxylic acid groups (broad SMARTS) is 1. The molecule has 0 radical (unpaired) electrons. The first-order valence-electron chi connectivity index (χ1n) is 5.87. The van der Waals surface area contributed by atoms with Gasteiger partial charge in [0.1, 0.15) is 0 Å². The molecule has 2 atom stereocenters. The van der Waals surface area contributed by atoms with Crippen LogP contribution < -0.4 is 0 Å². The summed E-state index contributed by atoms with van der Waals surface area (Å²) in [5.41, 5.74) is 1.97. The van der Waals surface area contributed by atoms with Crippen molar-refractivity contribution >= 4 is 5.97 Å². The van der Waals surface area contributed by atoms with Crippen molar-refractivity contribution in [2.75, 3.05) is 0 Å². The number of hydrogen-bond donors (Lipinski definition) is 1. The van der Waals surface area contributed by atoms with E-state index in [0.29, 0.717) is 6.42 Å². The van der Waals surface area contributed by atoms with Crippen molar-refractivity contribution in [3.8, 4) is 0 Å². The van der Waals surface area contributed by atoms with Crippen molar-refractivity contribution in [3.63, 3.8) is 0 Å². The zero-order valence-corrected chi connectivity index (χ0v) is 9.73. The van der Waals surface area contributed by atoms with Crippen molar-refractivity contribution < 1.29 is 9.90 Å². The van der Waals surface area contributed by atoms with E-state index < -0.39 is 5.97 Å². The highest BCUT2D eigenvalue weighted by molar-refractivity contribution is 5.75. The highest BCUT2D eigenvalue weighted by Gasteiger charge is 2.45. The molecule has 0 aliphatic heterocycles. The predicted octanol–water partition coefficient (Wildman–Crippen LogP) is 1.51. The lowest BCUT2D eigenvalue weighted by Gasteiger charge is -2.03. The van der Waals surface area contributed by atoms with Gasteiger partial charge < -0.3 is 9.67 Å². The molecule has 1 fully saturated rings. The lowest BCUT2D eigenvalue weighted by molar-refractivity contribution is -0.138. The summed E-state index contributed by atoms with van der Waals surface area (Å²) >= 11 is 0. The second kappa shape index (κ2) is 4.25. The van der Waals surface area contributed by atoms with E-state index in [1.54, 1.807) is 12.5 Å². The summed E-state index contributed by atoms with van der Waals surface area (Å²) in [6.07, 6.45) is 7.92. The van der Waals surface area contributed by atoms with Crippen LogP contribution in [-0.2, 0) is 11.3 Å². The third-order valence-electron chi connectivity index (χ3n) is 3.26. The molecule has 92 valence electrons. The van der Waals surface area contributed by atoms with Gasteiger partial charge in [0.2, 0.25) is 0 Å². The molecule has 2 aromatic rings. The Hall–Kier alpha value is -2.17. The molecule has 0 spiro atoms. The number of pyridine rings is 1. The molecule has 3 rings (SSSR count). The molecule has 2 unspecified atom stereocenters. The molecular weight excluding hydrogens is 230 g/mol. The maximum absolute atomic E-state index is 10.8. The lowest BCUT2D eigenvalue weighted by atomic mass is 10.2. The van der Waals surface area contributed by atoms with Crippen LogP contribution in [-0.4, -0.2) is 25.6 Å². The fourth-order valence-electron chi connectivity index (χ4n) is 2.13. The Morgan fingerprint density at radius 3 is 2.94 bits per heavy atom. The summed E-state index contributed by atoms with van der Waals surface area (Å²) in [5.74, 6) is -0.855. The van der Waals surface area contributed by atoms with E-state index in [2.05, 4.69) is 9.97 Å². The molecule has 1 aliphatic rings. The number of nitrogens with zero attached hydrogens (tertiary/aromatic N) is 3. The molecule has 2 heterocycles. The van der Waals surface area contributed by atoms with Crippen molar-refractivity contribution in [2.45, 2.75) is 18.9 Å². The first kappa shape index (κ1) is 11.0. The Labute approximate surface area is 104 Å². The quantitative estimate of drug-likeness (QED) is 0.883. The molecule has 5 heteroatoms. The van der Waals surface area contributed by atoms with Gasteiger partial charge in [-0.25, -0.2) is 4.98 Å². The van der Waals surface area contributed by atoms with Gasteiger partial charge in [0.05, 0.1) is 12.2 Å². The molecule has 1 N–H and O–H groups in total. The monoisotopic (exact) mass is 243 g/mol. The summed E-state index contributed by atoms with van der Waals surface area (Å²) < 4.78 is 1.97. The molecule has 0 saturated heterocycles. The zero-order valence-electron chi connectivity index (χ0n) is 9.73. The maximum atomic E-state index is 10.8.